The lowest BCUT2D eigenvalue weighted by Crippen LogP contribution is -2.50. The highest BCUT2D eigenvalue weighted by molar-refractivity contribution is 7.09. The summed E-state index contributed by atoms with van der Waals surface area (Å²) < 4.78 is 5.78. The van der Waals surface area contributed by atoms with Gasteiger partial charge in [-0.05, 0) is 32.1 Å². The first-order valence-electron chi connectivity index (χ1n) is 8.37. The van der Waals surface area contributed by atoms with Crippen LogP contribution in [0.15, 0.2) is 5.38 Å². The molecule has 0 aromatic carbocycles. The zero-order chi connectivity index (χ0) is 16.2. The average Bonchev–Trinajstić information content (AvgIpc) is 3.17. The molecule has 0 unspecified atom stereocenters. The van der Waals surface area contributed by atoms with Gasteiger partial charge in [-0.15, -0.1) is 11.3 Å². The SMILES string of the molecule is Cc1csc([C@@H]2CN(C(=O)N[C@@H]3CCC[C@H]3CCO)CCO2)n1. The van der Waals surface area contributed by atoms with Crippen LogP contribution in [0.3, 0.4) is 0 Å². The van der Waals surface area contributed by atoms with E-state index in [0.717, 1.165) is 36.4 Å². The molecule has 1 aromatic rings. The number of rotatable bonds is 4. The molecule has 1 saturated carbocycles. The molecule has 7 heteroatoms. The van der Waals surface area contributed by atoms with Crippen LogP contribution in [0.5, 0.6) is 0 Å². The van der Waals surface area contributed by atoms with E-state index in [-0.39, 0.29) is 24.8 Å². The van der Waals surface area contributed by atoms with Gasteiger partial charge < -0.3 is 20.1 Å². The van der Waals surface area contributed by atoms with Crippen molar-refractivity contribution in [2.75, 3.05) is 26.3 Å². The van der Waals surface area contributed by atoms with Crippen LogP contribution in [0.4, 0.5) is 4.79 Å². The second-order valence-corrected chi connectivity index (χ2v) is 7.28. The zero-order valence-corrected chi connectivity index (χ0v) is 14.3. The maximum absolute atomic E-state index is 12.6. The molecule has 128 valence electrons. The molecular weight excluding hydrogens is 314 g/mol. The van der Waals surface area contributed by atoms with Gasteiger partial charge in [0.2, 0.25) is 0 Å². The second kappa shape index (κ2) is 7.59. The van der Waals surface area contributed by atoms with Crippen molar-refractivity contribution in [3.05, 3.63) is 16.1 Å². The van der Waals surface area contributed by atoms with E-state index < -0.39 is 0 Å². The predicted molar refractivity (Wildman–Crippen MR) is 88.5 cm³/mol. The van der Waals surface area contributed by atoms with Crippen LogP contribution in [-0.2, 0) is 4.74 Å². The monoisotopic (exact) mass is 339 g/mol. The van der Waals surface area contributed by atoms with Gasteiger partial charge in [0.25, 0.3) is 0 Å². The van der Waals surface area contributed by atoms with Crippen molar-refractivity contribution in [2.45, 2.75) is 44.8 Å². The minimum atomic E-state index is -0.120. The molecule has 1 saturated heterocycles. The number of aliphatic hydroxyl groups is 1. The topological polar surface area (TPSA) is 74.7 Å². The molecule has 2 N–H and O–H groups in total. The fourth-order valence-corrected chi connectivity index (χ4v) is 4.33. The summed E-state index contributed by atoms with van der Waals surface area (Å²) in [6, 6.07) is 0.180. The van der Waals surface area contributed by atoms with E-state index in [9.17, 15) is 4.79 Å². The number of carbonyl (C=O) groups excluding carboxylic acids is 1. The first-order valence-corrected chi connectivity index (χ1v) is 9.25. The van der Waals surface area contributed by atoms with Gasteiger partial charge >= 0.3 is 6.03 Å². The number of amides is 2. The number of hydrogen-bond donors (Lipinski definition) is 2. The molecule has 2 fully saturated rings. The van der Waals surface area contributed by atoms with E-state index in [1.54, 1.807) is 11.3 Å². The van der Waals surface area contributed by atoms with Gasteiger partial charge in [-0.3, -0.25) is 0 Å². The number of nitrogens with zero attached hydrogens (tertiary/aromatic N) is 2. The largest absolute Gasteiger partial charge is 0.396 e. The molecule has 3 rings (SSSR count). The summed E-state index contributed by atoms with van der Waals surface area (Å²) in [5.74, 6) is 0.405. The molecule has 1 aliphatic heterocycles. The summed E-state index contributed by atoms with van der Waals surface area (Å²) in [7, 11) is 0. The molecule has 2 amide bonds. The molecular formula is C16H25N3O3S. The smallest absolute Gasteiger partial charge is 0.317 e. The quantitative estimate of drug-likeness (QED) is 0.881. The summed E-state index contributed by atoms with van der Waals surface area (Å²) in [6.45, 7) is 3.87. The van der Waals surface area contributed by atoms with Gasteiger partial charge in [-0.1, -0.05) is 6.42 Å². The van der Waals surface area contributed by atoms with E-state index in [1.165, 1.54) is 0 Å². The van der Waals surface area contributed by atoms with Crippen molar-refractivity contribution in [3.63, 3.8) is 0 Å². The van der Waals surface area contributed by atoms with Crippen molar-refractivity contribution in [2.24, 2.45) is 5.92 Å². The third-order valence-electron chi connectivity index (χ3n) is 4.73. The number of nitrogens with one attached hydrogen (secondary N) is 1. The normalized spacial score (nSPS) is 28.1. The predicted octanol–water partition coefficient (Wildman–Crippen LogP) is 2.09. The van der Waals surface area contributed by atoms with E-state index in [1.807, 2.05) is 17.2 Å². The molecule has 6 nitrogen and oxygen atoms in total. The Kier molecular flexibility index (Phi) is 5.50. The second-order valence-electron chi connectivity index (χ2n) is 6.39. The van der Waals surface area contributed by atoms with Crippen LogP contribution in [-0.4, -0.2) is 53.4 Å². The molecule has 2 aliphatic rings. The molecule has 2 heterocycles. The number of hydrogen-bond acceptors (Lipinski definition) is 5. The molecule has 0 bridgehead atoms. The lowest BCUT2D eigenvalue weighted by molar-refractivity contribution is -0.0161. The van der Waals surface area contributed by atoms with Gasteiger partial charge in [-0.2, -0.15) is 0 Å². The summed E-state index contributed by atoms with van der Waals surface area (Å²) in [5.41, 5.74) is 0.993. The van der Waals surface area contributed by atoms with Crippen LogP contribution < -0.4 is 5.32 Å². The first kappa shape index (κ1) is 16.7. The highest BCUT2D eigenvalue weighted by Gasteiger charge is 2.32. The number of carbonyl (C=O) groups is 1. The Labute approximate surface area is 140 Å². The number of aryl methyl sites for hydroxylation is 1. The maximum Gasteiger partial charge on any atom is 0.317 e. The number of aromatic nitrogens is 1. The minimum Gasteiger partial charge on any atom is -0.396 e. The average molecular weight is 339 g/mol. The third-order valence-corrected chi connectivity index (χ3v) is 5.79. The maximum atomic E-state index is 12.6. The molecule has 3 atom stereocenters. The Bertz CT molecular complexity index is 536. The minimum absolute atomic E-state index is 0.0126. The fourth-order valence-electron chi connectivity index (χ4n) is 3.49. The van der Waals surface area contributed by atoms with Gasteiger partial charge in [0.15, 0.2) is 0 Å². The standard InChI is InChI=1S/C16H25N3O3S/c1-11-10-23-15(17-11)14-9-19(6-8-22-14)16(21)18-13-4-2-3-12(13)5-7-20/h10,12-14,20H,2-9H2,1H3,(H,18,21)/t12-,13+,14-/m0/s1. The zero-order valence-electron chi connectivity index (χ0n) is 13.5. The van der Waals surface area contributed by atoms with Crippen LogP contribution in [0.2, 0.25) is 0 Å². The summed E-state index contributed by atoms with van der Waals surface area (Å²) in [4.78, 5) is 18.9. The van der Waals surface area contributed by atoms with E-state index in [0.29, 0.717) is 25.6 Å². The Morgan fingerprint density at radius 2 is 2.43 bits per heavy atom. The Morgan fingerprint density at radius 3 is 3.17 bits per heavy atom. The van der Waals surface area contributed by atoms with Crippen LogP contribution in [0, 0.1) is 12.8 Å². The van der Waals surface area contributed by atoms with Crippen molar-refractivity contribution in [1.82, 2.24) is 15.2 Å². The van der Waals surface area contributed by atoms with Crippen LogP contribution in [0.1, 0.15) is 42.5 Å². The molecule has 0 radical (unpaired) electrons. The Balaban J connectivity index is 1.56. The number of aliphatic hydroxyl groups excluding tert-OH is 1. The van der Waals surface area contributed by atoms with Crippen molar-refractivity contribution in [3.8, 4) is 0 Å². The van der Waals surface area contributed by atoms with E-state index in [4.69, 9.17) is 9.84 Å². The van der Waals surface area contributed by atoms with Crippen LogP contribution in [0.25, 0.3) is 0 Å². The Hall–Kier alpha value is -1.18. The number of urea groups is 1. The van der Waals surface area contributed by atoms with Gasteiger partial charge in [0.1, 0.15) is 11.1 Å². The summed E-state index contributed by atoms with van der Waals surface area (Å²) in [6.07, 6.45) is 3.88. The lowest BCUT2D eigenvalue weighted by Gasteiger charge is -2.33. The van der Waals surface area contributed by atoms with E-state index >= 15 is 0 Å². The highest BCUT2D eigenvalue weighted by Crippen LogP contribution is 2.29. The molecule has 1 aromatic heterocycles. The molecule has 23 heavy (non-hydrogen) atoms. The third kappa shape index (κ3) is 4.02. The number of thiazole rings is 1. The van der Waals surface area contributed by atoms with E-state index in [2.05, 4.69) is 10.3 Å². The van der Waals surface area contributed by atoms with Gasteiger partial charge in [0.05, 0.1) is 13.2 Å². The summed E-state index contributed by atoms with van der Waals surface area (Å²) >= 11 is 1.59. The van der Waals surface area contributed by atoms with Crippen molar-refractivity contribution < 1.29 is 14.6 Å². The van der Waals surface area contributed by atoms with Crippen LogP contribution >= 0.6 is 11.3 Å². The lowest BCUT2D eigenvalue weighted by atomic mass is 10.0. The number of morpholine rings is 1. The number of ether oxygens (including phenoxy) is 1. The first-order chi connectivity index (χ1) is 11.2. The highest BCUT2D eigenvalue weighted by atomic mass is 32.1. The molecule has 0 spiro atoms. The summed E-state index contributed by atoms with van der Waals surface area (Å²) in [5, 5.41) is 15.3. The van der Waals surface area contributed by atoms with Gasteiger partial charge in [0, 0.05) is 30.3 Å². The van der Waals surface area contributed by atoms with Crippen molar-refractivity contribution >= 4 is 17.4 Å². The fraction of sp³-hybridized carbons (Fsp3) is 0.750. The van der Waals surface area contributed by atoms with Gasteiger partial charge in [-0.25, -0.2) is 9.78 Å². The molecule has 1 aliphatic carbocycles. The van der Waals surface area contributed by atoms with Crippen molar-refractivity contribution in [1.29, 1.82) is 0 Å². The Morgan fingerprint density at radius 1 is 1.57 bits per heavy atom.